The minimum Gasteiger partial charge on any atom is -0.507 e. The molecule has 0 fully saturated rings. The highest BCUT2D eigenvalue weighted by atomic mass is 16.3. The van der Waals surface area contributed by atoms with Gasteiger partial charge in [0.05, 0.1) is 5.69 Å². The van der Waals surface area contributed by atoms with E-state index in [1.807, 2.05) is 25.1 Å². The molecule has 2 heterocycles. The number of fused-ring (bicyclic) bond motifs is 1. The number of benzene rings is 1. The molecule has 0 saturated carbocycles. The number of aromatic nitrogens is 4. The van der Waals surface area contributed by atoms with Gasteiger partial charge in [-0.1, -0.05) is 32.0 Å². The number of aromatic hydroxyl groups is 1. The average molecular weight is 369 g/mol. The Bertz CT molecular complexity index is 920. The summed E-state index contributed by atoms with van der Waals surface area (Å²) < 4.78 is 0. The van der Waals surface area contributed by atoms with Crippen LogP contribution in [0.2, 0.25) is 0 Å². The van der Waals surface area contributed by atoms with E-state index in [0.29, 0.717) is 42.7 Å². The van der Waals surface area contributed by atoms with Crippen LogP contribution in [0.5, 0.6) is 5.75 Å². The van der Waals surface area contributed by atoms with Gasteiger partial charge in [0.2, 0.25) is 5.95 Å². The number of nitrogens with two attached hydrogens (primary N) is 1. The maximum Gasteiger partial charge on any atom is 0.225 e. The van der Waals surface area contributed by atoms with E-state index in [4.69, 9.17) is 5.73 Å². The molecule has 0 unspecified atom stereocenters. The summed E-state index contributed by atoms with van der Waals surface area (Å²) in [6.07, 6.45) is 0.837. The molecule has 27 heavy (non-hydrogen) atoms. The highest BCUT2D eigenvalue weighted by Gasteiger charge is 2.17. The molecule has 8 heteroatoms. The molecule has 0 amide bonds. The van der Waals surface area contributed by atoms with Crippen molar-refractivity contribution in [1.29, 1.82) is 0 Å². The number of phenols is 1. The second-order valence-electron chi connectivity index (χ2n) is 6.89. The van der Waals surface area contributed by atoms with Crippen LogP contribution in [0.4, 0.5) is 11.8 Å². The van der Waals surface area contributed by atoms with Gasteiger partial charge in [-0.2, -0.15) is 10.1 Å². The van der Waals surface area contributed by atoms with E-state index in [-0.39, 0.29) is 5.92 Å². The molecule has 0 spiro atoms. The smallest absolute Gasteiger partial charge is 0.225 e. The number of aromatic amines is 1. The second-order valence-corrected chi connectivity index (χ2v) is 6.89. The summed E-state index contributed by atoms with van der Waals surface area (Å²) >= 11 is 0. The second kappa shape index (κ2) is 8.22. The van der Waals surface area contributed by atoms with Crippen LogP contribution < -0.4 is 16.4 Å². The molecule has 0 bridgehead atoms. The fourth-order valence-corrected chi connectivity index (χ4v) is 2.87. The van der Waals surface area contributed by atoms with E-state index in [2.05, 4.69) is 44.6 Å². The molecule has 2 aromatic heterocycles. The Hall–Kier alpha value is -2.87. The van der Waals surface area contributed by atoms with Crippen LogP contribution in [-0.2, 0) is 6.54 Å². The van der Waals surface area contributed by atoms with Crippen molar-refractivity contribution in [3.8, 4) is 5.75 Å². The summed E-state index contributed by atoms with van der Waals surface area (Å²) in [6, 6.07) is 5.69. The third-order valence-corrected chi connectivity index (χ3v) is 4.44. The van der Waals surface area contributed by atoms with E-state index in [0.717, 1.165) is 28.8 Å². The lowest BCUT2D eigenvalue weighted by Crippen LogP contribution is -2.12. The number of para-hydroxylation sites is 1. The molecule has 0 radical (unpaired) electrons. The van der Waals surface area contributed by atoms with Crippen molar-refractivity contribution >= 4 is 22.8 Å². The van der Waals surface area contributed by atoms with Gasteiger partial charge in [0.15, 0.2) is 11.3 Å². The fourth-order valence-electron chi connectivity index (χ4n) is 2.87. The minimum atomic E-state index is 0.260. The molecule has 0 aliphatic rings. The van der Waals surface area contributed by atoms with Gasteiger partial charge in [-0.3, -0.25) is 5.10 Å². The predicted octanol–water partition coefficient (Wildman–Crippen LogP) is 2.86. The molecule has 1 aromatic carbocycles. The zero-order valence-corrected chi connectivity index (χ0v) is 16.0. The van der Waals surface area contributed by atoms with Crippen molar-refractivity contribution in [3.05, 3.63) is 35.0 Å². The SMILES string of the molecule is Cc1cccc(CNc2nc(NCCCN)nc3c(C(C)C)[nH]nc23)c1O. The summed E-state index contributed by atoms with van der Waals surface area (Å²) in [7, 11) is 0. The third-order valence-electron chi connectivity index (χ3n) is 4.44. The van der Waals surface area contributed by atoms with Gasteiger partial charge in [-0.05, 0) is 31.4 Å². The van der Waals surface area contributed by atoms with Crippen LogP contribution in [0, 0.1) is 6.92 Å². The topological polar surface area (TPSA) is 125 Å². The molecule has 6 N–H and O–H groups in total. The zero-order chi connectivity index (χ0) is 19.4. The van der Waals surface area contributed by atoms with Crippen molar-refractivity contribution in [1.82, 2.24) is 20.2 Å². The maximum absolute atomic E-state index is 10.2. The predicted molar refractivity (Wildman–Crippen MR) is 108 cm³/mol. The lowest BCUT2D eigenvalue weighted by atomic mass is 10.1. The van der Waals surface area contributed by atoms with Crippen molar-refractivity contribution in [2.75, 3.05) is 23.7 Å². The third kappa shape index (κ3) is 4.11. The quantitative estimate of drug-likeness (QED) is 0.387. The van der Waals surface area contributed by atoms with E-state index in [1.54, 1.807) is 0 Å². The van der Waals surface area contributed by atoms with Crippen LogP contribution in [0.1, 0.15) is 43.0 Å². The first-order valence-electron chi connectivity index (χ1n) is 9.22. The highest BCUT2D eigenvalue weighted by molar-refractivity contribution is 5.88. The largest absolute Gasteiger partial charge is 0.507 e. The summed E-state index contributed by atoms with van der Waals surface area (Å²) in [6.45, 7) is 7.81. The first-order valence-corrected chi connectivity index (χ1v) is 9.22. The van der Waals surface area contributed by atoms with Gasteiger partial charge in [0.1, 0.15) is 11.3 Å². The first-order chi connectivity index (χ1) is 13.0. The highest BCUT2D eigenvalue weighted by Crippen LogP contribution is 2.28. The lowest BCUT2D eigenvalue weighted by Gasteiger charge is -2.11. The number of H-pyrrole nitrogens is 1. The van der Waals surface area contributed by atoms with Crippen molar-refractivity contribution < 1.29 is 5.11 Å². The van der Waals surface area contributed by atoms with E-state index < -0.39 is 0 Å². The van der Waals surface area contributed by atoms with Crippen LogP contribution in [0.25, 0.3) is 11.0 Å². The number of phenolic OH excluding ortho intramolecular Hbond substituents is 1. The van der Waals surface area contributed by atoms with Crippen LogP contribution in [0.15, 0.2) is 18.2 Å². The Labute approximate surface area is 158 Å². The van der Waals surface area contributed by atoms with Crippen LogP contribution in [-0.4, -0.2) is 38.4 Å². The zero-order valence-electron chi connectivity index (χ0n) is 16.0. The molecule has 8 nitrogen and oxygen atoms in total. The summed E-state index contributed by atoms with van der Waals surface area (Å²) in [5, 5.41) is 24.2. The Morgan fingerprint density at radius 2 is 2.00 bits per heavy atom. The molecule has 0 saturated heterocycles. The Kier molecular flexibility index (Phi) is 5.75. The van der Waals surface area contributed by atoms with Crippen molar-refractivity contribution in [3.63, 3.8) is 0 Å². The number of nitrogens with zero attached hydrogens (tertiary/aromatic N) is 3. The lowest BCUT2D eigenvalue weighted by molar-refractivity contribution is 0.465. The minimum absolute atomic E-state index is 0.260. The fraction of sp³-hybridized carbons (Fsp3) is 0.421. The van der Waals surface area contributed by atoms with Crippen LogP contribution >= 0.6 is 0 Å². The van der Waals surface area contributed by atoms with Crippen LogP contribution in [0.3, 0.4) is 0 Å². The van der Waals surface area contributed by atoms with E-state index in [9.17, 15) is 5.11 Å². The number of rotatable bonds is 8. The van der Waals surface area contributed by atoms with Gasteiger partial charge in [0.25, 0.3) is 0 Å². The van der Waals surface area contributed by atoms with Crippen molar-refractivity contribution in [2.45, 2.75) is 39.7 Å². The summed E-state index contributed by atoms with van der Waals surface area (Å²) in [5.41, 5.74) is 9.67. The average Bonchev–Trinajstić information content (AvgIpc) is 3.07. The molecule has 144 valence electrons. The number of aryl methyl sites for hydroxylation is 1. The number of nitrogens with one attached hydrogen (secondary N) is 3. The number of anilines is 2. The standard InChI is InChI=1S/C19H27N7O/c1-11(2)14-15-16(26-25-14)18(24-19(23-15)21-9-5-8-20)22-10-13-7-4-6-12(3)17(13)27/h4,6-7,11,27H,5,8-10,20H2,1-3H3,(H,25,26)(H2,21,22,23,24). The molecule has 0 atom stereocenters. The van der Waals surface area contributed by atoms with E-state index >= 15 is 0 Å². The monoisotopic (exact) mass is 369 g/mol. The molecular formula is C19H27N7O. The van der Waals surface area contributed by atoms with Gasteiger partial charge >= 0.3 is 0 Å². The van der Waals surface area contributed by atoms with E-state index in [1.165, 1.54) is 0 Å². The van der Waals surface area contributed by atoms with Crippen molar-refractivity contribution in [2.24, 2.45) is 5.73 Å². The Balaban J connectivity index is 1.93. The van der Waals surface area contributed by atoms with Gasteiger partial charge in [-0.25, -0.2) is 4.98 Å². The molecular weight excluding hydrogens is 342 g/mol. The molecule has 0 aliphatic heterocycles. The molecule has 0 aliphatic carbocycles. The summed E-state index contributed by atoms with van der Waals surface area (Å²) in [4.78, 5) is 9.20. The Morgan fingerprint density at radius 3 is 2.74 bits per heavy atom. The molecule has 3 aromatic rings. The summed E-state index contributed by atoms with van der Waals surface area (Å²) in [5.74, 6) is 1.71. The maximum atomic E-state index is 10.2. The Morgan fingerprint density at radius 1 is 1.19 bits per heavy atom. The van der Waals surface area contributed by atoms with Gasteiger partial charge in [-0.15, -0.1) is 0 Å². The molecule has 3 rings (SSSR count). The van der Waals surface area contributed by atoms with Gasteiger partial charge in [0, 0.05) is 18.7 Å². The van der Waals surface area contributed by atoms with Gasteiger partial charge < -0.3 is 21.5 Å². The first kappa shape index (κ1) is 18.9. The number of hydrogen-bond donors (Lipinski definition) is 5. The number of hydrogen-bond acceptors (Lipinski definition) is 7. The normalized spacial score (nSPS) is 11.3.